The predicted octanol–water partition coefficient (Wildman–Crippen LogP) is 2.90. The number of methoxy groups -OCH3 is 1. The van der Waals surface area contributed by atoms with Gasteiger partial charge >= 0.3 is 5.69 Å². The maximum atomic E-state index is 12.1. The second kappa shape index (κ2) is 6.19. The van der Waals surface area contributed by atoms with E-state index in [0.717, 1.165) is 6.07 Å². The van der Waals surface area contributed by atoms with E-state index in [1.54, 1.807) is 6.07 Å². The average molecular weight is 308 g/mol. The first kappa shape index (κ1) is 14.7. The number of hydrogen-bond donors (Lipinski definition) is 1. The lowest BCUT2D eigenvalue weighted by Crippen LogP contribution is -2.12. The molecule has 2 rings (SSSR count). The lowest BCUT2D eigenvalue weighted by Gasteiger charge is -2.07. The minimum Gasteiger partial charge on any atom is -0.490 e. The summed E-state index contributed by atoms with van der Waals surface area (Å²) in [6.45, 7) is 0. The molecule has 8 heteroatoms. The maximum Gasteiger partial charge on any atom is 0.311 e. The molecule has 0 aliphatic heterocycles. The number of carbonyl (C=O) groups excluding carboxylic acids is 1. The molecule has 0 unspecified atom stereocenters. The zero-order chi connectivity index (χ0) is 15.4. The van der Waals surface area contributed by atoms with Gasteiger partial charge in [0.15, 0.2) is 5.75 Å². The van der Waals surface area contributed by atoms with Crippen molar-refractivity contribution in [2.75, 3.05) is 12.4 Å². The fourth-order valence-corrected chi connectivity index (χ4v) is 1.83. The highest BCUT2D eigenvalue weighted by Crippen LogP contribution is 2.27. The van der Waals surface area contributed by atoms with Gasteiger partial charge in [-0.05, 0) is 24.3 Å². The zero-order valence-electron chi connectivity index (χ0n) is 10.9. The van der Waals surface area contributed by atoms with Crippen LogP contribution in [0.4, 0.5) is 11.4 Å². The van der Waals surface area contributed by atoms with Crippen molar-refractivity contribution >= 4 is 28.9 Å². The standard InChI is InChI=1S/C13H10ClN3O4/c1-21-11-3-2-8(6-10(11)17(19)20)13(18)16-9-4-5-15-12(14)7-9/h2-7H,1H3,(H,15,16,18). The van der Waals surface area contributed by atoms with Crippen LogP contribution in [0.3, 0.4) is 0 Å². The lowest BCUT2D eigenvalue weighted by atomic mass is 10.1. The van der Waals surface area contributed by atoms with Crippen LogP contribution in [-0.4, -0.2) is 22.9 Å². The number of ether oxygens (including phenoxy) is 1. The van der Waals surface area contributed by atoms with Crippen LogP contribution in [0, 0.1) is 10.1 Å². The SMILES string of the molecule is COc1ccc(C(=O)Nc2ccnc(Cl)c2)cc1[N+](=O)[O-]. The molecule has 7 nitrogen and oxygen atoms in total. The minimum absolute atomic E-state index is 0.0866. The number of nitrogens with zero attached hydrogens (tertiary/aromatic N) is 2. The highest BCUT2D eigenvalue weighted by Gasteiger charge is 2.18. The van der Waals surface area contributed by atoms with Crippen molar-refractivity contribution in [3.05, 3.63) is 57.4 Å². The third-order valence-corrected chi connectivity index (χ3v) is 2.83. The summed E-state index contributed by atoms with van der Waals surface area (Å²) < 4.78 is 4.88. The summed E-state index contributed by atoms with van der Waals surface area (Å²) >= 11 is 5.71. The third kappa shape index (κ3) is 3.46. The molecule has 0 saturated carbocycles. The molecule has 0 saturated heterocycles. The summed E-state index contributed by atoms with van der Waals surface area (Å²) in [6.07, 6.45) is 1.44. The van der Waals surface area contributed by atoms with Crippen LogP contribution in [0.1, 0.15) is 10.4 Å². The first-order valence-electron chi connectivity index (χ1n) is 5.76. The van der Waals surface area contributed by atoms with Crippen molar-refractivity contribution < 1.29 is 14.5 Å². The molecular weight excluding hydrogens is 298 g/mol. The molecule has 2 aromatic rings. The first-order valence-corrected chi connectivity index (χ1v) is 6.14. The molecule has 1 aromatic carbocycles. The summed E-state index contributed by atoms with van der Waals surface area (Å²) in [5, 5.41) is 13.7. The van der Waals surface area contributed by atoms with Crippen LogP contribution in [0.5, 0.6) is 5.75 Å². The molecule has 1 N–H and O–H groups in total. The van der Waals surface area contributed by atoms with E-state index in [1.807, 2.05) is 0 Å². The molecule has 1 heterocycles. The quantitative estimate of drug-likeness (QED) is 0.532. The smallest absolute Gasteiger partial charge is 0.311 e. The van der Waals surface area contributed by atoms with E-state index in [1.165, 1.54) is 31.5 Å². The number of benzene rings is 1. The molecule has 0 radical (unpaired) electrons. The Morgan fingerprint density at radius 1 is 1.38 bits per heavy atom. The predicted molar refractivity (Wildman–Crippen MR) is 76.8 cm³/mol. The largest absolute Gasteiger partial charge is 0.490 e. The van der Waals surface area contributed by atoms with E-state index in [4.69, 9.17) is 16.3 Å². The van der Waals surface area contributed by atoms with Gasteiger partial charge in [0, 0.05) is 23.5 Å². The van der Waals surface area contributed by atoms with E-state index in [9.17, 15) is 14.9 Å². The molecule has 0 bridgehead atoms. The monoisotopic (exact) mass is 307 g/mol. The van der Waals surface area contributed by atoms with Crippen LogP contribution in [0.15, 0.2) is 36.5 Å². The average Bonchev–Trinajstić information content (AvgIpc) is 2.46. The Labute approximate surface area is 124 Å². The van der Waals surface area contributed by atoms with E-state index in [0.29, 0.717) is 5.69 Å². The van der Waals surface area contributed by atoms with Crippen molar-refractivity contribution in [2.45, 2.75) is 0 Å². The van der Waals surface area contributed by atoms with E-state index < -0.39 is 10.8 Å². The van der Waals surface area contributed by atoms with Gasteiger partial charge in [-0.1, -0.05) is 11.6 Å². The van der Waals surface area contributed by atoms with Crippen LogP contribution < -0.4 is 10.1 Å². The molecule has 0 aliphatic carbocycles. The molecule has 1 aromatic heterocycles. The summed E-state index contributed by atoms with van der Waals surface area (Å²) in [6, 6.07) is 6.98. The van der Waals surface area contributed by atoms with E-state index >= 15 is 0 Å². The van der Waals surface area contributed by atoms with E-state index in [2.05, 4.69) is 10.3 Å². The number of aromatic nitrogens is 1. The zero-order valence-corrected chi connectivity index (χ0v) is 11.6. The first-order chi connectivity index (χ1) is 10.0. The van der Waals surface area contributed by atoms with E-state index in [-0.39, 0.29) is 22.2 Å². The Bertz CT molecular complexity index is 706. The Balaban J connectivity index is 2.27. The fraction of sp³-hybridized carbons (Fsp3) is 0.0769. The molecule has 21 heavy (non-hydrogen) atoms. The van der Waals surface area contributed by atoms with Crippen molar-refractivity contribution in [3.63, 3.8) is 0 Å². The van der Waals surface area contributed by atoms with Crippen LogP contribution in [0.25, 0.3) is 0 Å². The molecular formula is C13H10ClN3O4. The summed E-state index contributed by atoms with van der Waals surface area (Å²) in [4.78, 5) is 26.2. The van der Waals surface area contributed by atoms with Gasteiger partial charge < -0.3 is 10.1 Å². The van der Waals surface area contributed by atoms with Crippen LogP contribution >= 0.6 is 11.6 Å². The normalized spacial score (nSPS) is 10.0. The minimum atomic E-state index is -0.612. The second-order valence-electron chi connectivity index (χ2n) is 3.97. The number of hydrogen-bond acceptors (Lipinski definition) is 5. The Kier molecular flexibility index (Phi) is 4.34. The van der Waals surface area contributed by atoms with Crippen molar-refractivity contribution in [2.24, 2.45) is 0 Å². The highest BCUT2D eigenvalue weighted by molar-refractivity contribution is 6.29. The third-order valence-electron chi connectivity index (χ3n) is 2.62. The number of nitrogens with one attached hydrogen (secondary N) is 1. The number of pyridine rings is 1. The van der Waals surface area contributed by atoms with Gasteiger partial charge in [0.1, 0.15) is 5.15 Å². The topological polar surface area (TPSA) is 94.4 Å². The molecule has 0 fully saturated rings. The fourth-order valence-electron chi connectivity index (χ4n) is 1.66. The van der Waals surface area contributed by atoms with Crippen LogP contribution in [0.2, 0.25) is 5.15 Å². The van der Waals surface area contributed by atoms with Gasteiger partial charge in [-0.15, -0.1) is 0 Å². The lowest BCUT2D eigenvalue weighted by molar-refractivity contribution is -0.385. The highest BCUT2D eigenvalue weighted by atomic mass is 35.5. The molecule has 108 valence electrons. The number of halogens is 1. The molecule has 0 aliphatic rings. The molecule has 0 spiro atoms. The number of rotatable bonds is 4. The maximum absolute atomic E-state index is 12.1. The van der Waals surface area contributed by atoms with Gasteiger partial charge in [-0.25, -0.2) is 4.98 Å². The van der Waals surface area contributed by atoms with Gasteiger partial charge in [0.2, 0.25) is 0 Å². The number of amides is 1. The second-order valence-corrected chi connectivity index (χ2v) is 4.35. The number of nitro groups is 1. The number of nitro benzene ring substituents is 1. The van der Waals surface area contributed by atoms with Crippen molar-refractivity contribution in [1.29, 1.82) is 0 Å². The Morgan fingerprint density at radius 2 is 2.14 bits per heavy atom. The molecule has 1 amide bonds. The summed E-state index contributed by atoms with van der Waals surface area (Å²) in [7, 11) is 1.32. The van der Waals surface area contributed by atoms with Gasteiger partial charge in [0.25, 0.3) is 5.91 Å². The number of anilines is 1. The molecule has 0 atom stereocenters. The van der Waals surface area contributed by atoms with Gasteiger partial charge in [0.05, 0.1) is 12.0 Å². The van der Waals surface area contributed by atoms with Crippen LogP contribution in [-0.2, 0) is 0 Å². The summed E-state index contributed by atoms with van der Waals surface area (Å²) in [5.74, 6) is -0.411. The number of carbonyl (C=O) groups is 1. The van der Waals surface area contributed by atoms with Gasteiger partial charge in [-0.2, -0.15) is 0 Å². The van der Waals surface area contributed by atoms with Gasteiger partial charge in [-0.3, -0.25) is 14.9 Å². The van der Waals surface area contributed by atoms with Crippen molar-refractivity contribution in [3.8, 4) is 5.75 Å². The summed E-state index contributed by atoms with van der Waals surface area (Å²) in [5.41, 5.74) is 0.298. The Hall–Kier alpha value is -2.67. The Morgan fingerprint density at radius 3 is 2.76 bits per heavy atom. The van der Waals surface area contributed by atoms with Crippen molar-refractivity contribution in [1.82, 2.24) is 4.98 Å².